The minimum absolute atomic E-state index is 0. The SMILES string of the molecule is Cl.FC[C@@H](c1cccc(Cl)c1F)N1CCNCC1. The van der Waals surface area contributed by atoms with Crippen molar-refractivity contribution in [3.05, 3.63) is 34.6 Å². The van der Waals surface area contributed by atoms with Gasteiger partial charge >= 0.3 is 0 Å². The Kier molecular flexibility index (Phi) is 6.29. The maximum Gasteiger partial charge on any atom is 0.146 e. The molecular formula is C12H16Cl2F2N2. The predicted octanol–water partition coefficient (Wildman–Crippen LogP) is 2.82. The van der Waals surface area contributed by atoms with E-state index in [-0.39, 0.29) is 17.4 Å². The molecule has 0 saturated carbocycles. The lowest BCUT2D eigenvalue weighted by Gasteiger charge is -2.33. The maximum atomic E-state index is 13.9. The lowest BCUT2D eigenvalue weighted by atomic mass is 10.0. The first kappa shape index (κ1) is 15.6. The first-order valence-electron chi connectivity index (χ1n) is 5.68. The van der Waals surface area contributed by atoms with Crippen LogP contribution in [0.25, 0.3) is 0 Å². The molecule has 1 aliphatic rings. The maximum absolute atomic E-state index is 13.9. The van der Waals surface area contributed by atoms with E-state index in [0.29, 0.717) is 5.56 Å². The largest absolute Gasteiger partial charge is 0.314 e. The van der Waals surface area contributed by atoms with Crippen molar-refractivity contribution in [1.29, 1.82) is 0 Å². The van der Waals surface area contributed by atoms with E-state index in [4.69, 9.17) is 11.6 Å². The average molecular weight is 297 g/mol. The molecule has 6 heteroatoms. The van der Waals surface area contributed by atoms with Gasteiger partial charge in [0.05, 0.1) is 11.1 Å². The van der Waals surface area contributed by atoms with Crippen LogP contribution in [0.15, 0.2) is 18.2 Å². The van der Waals surface area contributed by atoms with Gasteiger partial charge in [0.1, 0.15) is 12.5 Å². The summed E-state index contributed by atoms with van der Waals surface area (Å²) in [5.41, 5.74) is 0.349. The minimum atomic E-state index is -0.600. The van der Waals surface area contributed by atoms with Crippen LogP contribution in [0.3, 0.4) is 0 Å². The summed E-state index contributed by atoms with van der Waals surface area (Å²) in [5.74, 6) is -0.504. The number of benzene rings is 1. The van der Waals surface area contributed by atoms with Crippen molar-refractivity contribution in [1.82, 2.24) is 10.2 Å². The summed E-state index contributed by atoms with van der Waals surface area (Å²) < 4.78 is 27.0. The fourth-order valence-electron chi connectivity index (χ4n) is 2.15. The molecule has 0 aliphatic carbocycles. The van der Waals surface area contributed by atoms with Crippen molar-refractivity contribution in [2.45, 2.75) is 6.04 Å². The molecule has 18 heavy (non-hydrogen) atoms. The zero-order valence-electron chi connectivity index (χ0n) is 9.83. The normalized spacial score (nSPS) is 18.2. The van der Waals surface area contributed by atoms with Gasteiger partial charge in [-0.3, -0.25) is 4.90 Å². The van der Waals surface area contributed by atoms with E-state index in [1.807, 2.05) is 4.90 Å². The van der Waals surface area contributed by atoms with Crippen molar-refractivity contribution in [3.63, 3.8) is 0 Å². The van der Waals surface area contributed by atoms with Crippen molar-refractivity contribution < 1.29 is 8.78 Å². The van der Waals surface area contributed by atoms with Crippen molar-refractivity contribution in [2.75, 3.05) is 32.9 Å². The summed E-state index contributed by atoms with van der Waals surface area (Å²) in [6.45, 7) is 2.45. The van der Waals surface area contributed by atoms with Gasteiger partial charge in [-0.15, -0.1) is 12.4 Å². The fraction of sp³-hybridized carbons (Fsp3) is 0.500. The lowest BCUT2D eigenvalue weighted by Crippen LogP contribution is -2.45. The van der Waals surface area contributed by atoms with Crippen LogP contribution in [-0.2, 0) is 0 Å². The number of halogens is 4. The topological polar surface area (TPSA) is 15.3 Å². The molecule has 102 valence electrons. The Morgan fingerprint density at radius 1 is 1.33 bits per heavy atom. The van der Waals surface area contributed by atoms with E-state index in [0.717, 1.165) is 26.2 Å². The molecule has 0 unspecified atom stereocenters. The molecule has 0 radical (unpaired) electrons. The molecule has 1 saturated heterocycles. The van der Waals surface area contributed by atoms with Gasteiger partial charge in [-0.25, -0.2) is 8.78 Å². The monoisotopic (exact) mass is 296 g/mol. The molecule has 1 atom stereocenters. The summed E-state index contributed by atoms with van der Waals surface area (Å²) >= 11 is 5.73. The highest BCUT2D eigenvalue weighted by molar-refractivity contribution is 6.30. The van der Waals surface area contributed by atoms with Gasteiger partial charge < -0.3 is 5.32 Å². The van der Waals surface area contributed by atoms with Gasteiger partial charge in [-0.2, -0.15) is 0 Å². The number of nitrogens with zero attached hydrogens (tertiary/aromatic N) is 1. The Balaban J connectivity index is 0.00000162. The summed E-state index contributed by atoms with van der Waals surface area (Å²) in [5, 5.41) is 3.24. The second-order valence-electron chi connectivity index (χ2n) is 4.10. The van der Waals surface area contributed by atoms with E-state index in [2.05, 4.69) is 5.32 Å². The first-order valence-corrected chi connectivity index (χ1v) is 6.06. The zero-order valence-corrected chi connectivity index (χ0v) is 11.4. The number of rotatable bonds is 3. The van der Waals surface area contributed by atoms with Crippen LogP contribution in [-0.4, -0.2) is 37.8 Å². The second-order valence-corrected chi connectivity index (χ2v) is 4.51. The van der Waals surface area contributed by atoms with Crippen LogP contribution in [0.1, 0.15) is 11.6 Å². The van der Waals surface area contributed by atoms with E-state index in [9.17, 15) is 8.78 Å². The fourth-order valence-corrected chi connectivity index (χ4v) is 2.33. The number of nitrogens with one attached hydrogen (secondary N) is 1. The molecule has 1 aromatic rings. The van der Waals surface area contributed by atoms with Crippen LogP contribution in [0.5, 0.6) is 0 Å². The standard InChI is InChI=1S/C12H15ClF2N2.ClH/c13-10-3-1-2-9(12(10)15)11(8-14)17-6-4-16-5-7-17;/h1-3,11,16H,4-8H2;1H/t11-;/m0./s1. The Morgan fingerprint density at radius 2 is 2.00 bits per heavy atom. The first-order chi connectivity index (χ1) is 8.24. The third-order valence-electron chi connectivity index (χ3n) is 3.08. The predicted molar refractivity (Wildman–Crippen MR) is 71.8 cm³/mol. The van der Waals surface area contributed by atoms with Crippen LogP contribution < -0.4 is 5.32 Å². The highest BCUT2D eigenvalue weighted by Crippen LogP contribution is 2.28. The van der Waals surface area contributed by atoms with Crippen LogP contribution >= 0.6 is 24.0 Å². The van der Waals surface area contributed by atoms with E-state index in [1.165, 1.54) is 6.07 Å². The summed E-state index contributed by atoms with van der Waals surface area (Å²) in [4.78, 5) is 1.95. The molecule has 1 N–H and O–H groups in total. The molecule has 2 rings (SSSR count). The van der Waals surface area contributed by atoms with Gasteiger partial charge in [0.2, 0.25) is 0 Å². The molecular weight excluding hydrogens is 281 g/mol. The minimum Gasteiger partial charge on any atom is -0.314 e. The van der Waals surface area contributed by atoms with E-state index >= 15 is 0 Å². The summed E-state index contributed by atoms with van der Waals surface area (Å²) in [6.07, 6.45) is 0. The molecule has 1 fully saturated rings. The molecule has 1 heterocycles. The number of hydrogen-bond donors (Lipinski definition) is 1. The van der Waals surface area contributed by atoms with Crippen molar-refractivity contribution >= 4 is 24.0 Å². The third-order valence-corrected chi connectivity index (χ3v) is 3.37. The molecule has 0 amide bonds. The average Bonchev–Trinajstić information content (AvgIpc) is 2.37. The number of piperazine rings is 1. The van der Waals surface area contributed by atoms with Crippen molar-refractivity contribution in [3.8, 4) is 0 Å². The highest BCUT2D eigenvalue weighted by Gasteiger charge is 2.25. The molecule has 0 spiro atoms. The lowest BCUT2D eigenvalue weighted by molar-refractivity contribution is 0.144. The van der Waals surface area contributed by atoms with Gasteiger partial charge in [0.15, 0.2) is 0 Å². The summed E-state index contributed by atoms with van der Waals surface area (Å²) in [6, 6.07) is 4.21. The summed E-state index contributed by atoms with van der Waals surface area (Å²) in [7, 11) is 0. The zero-order chi connectivity index (χ0) is 12.3. The highest BCUT2D eigenvalue weighted by atomic mass is 35.5. The Hall–Kier alpha value is -0.420. The Bertz CT molecular complexity index is 384. The second kappa shape index (κ2) is 7.24. The molecule has 1 aromatic carbocycles. The van der Waals surface area contributed by atoms with Crippen LogP contribution in [0.2, 0.25) is 5.02 Å². The molecule has 0 bridgehead atoms. The van der Waals surface area contributed by atoms with Crippen molar-refractivity contribution in [2.24, 2.45) is 0 Å². The van der Waals surface area contributed by atoms with Crippen LogP contribution in [0, 0.1) is 5.82 Å². The third kappa shape index (κ3) is 3.32. The Labute approximate surface area is 117 Å². The number of alkyl halides is 1. The van der Waals surface area contributed by atoms with Crippen LogP contribution in [0.4, 0.5) is 8.78 Å². The molecule has 0 aromatic heterocycles. The quantitative estimate of drug-likeness (QED) is 0.923. The smallest absolute Gasteiger partial charge is 0.146 e. The molecule has 1 aliphatic heterocycles. The number of hydrogen-bond acceptors (Lipinski definition) is 2. The van der Waals surface area contributed by atoms with Gasteiger partial charge in [-0.1, -0.05) is 23.7 Å². The molecule has 2 nitrogen and oxygen atoms in total. The Morgan fingerprint density at radius 3 is 2.61 bits per heavy atom. The van der Waals surface area contributed by atoms with E-state index < -0.39 is 18.5 Å². The van der Waals surface area contributed by atoms with Gasteiger partial charge in [-0.05, 0) is 6.07 Å². The van der Waals surface area contributed by atoms with Gasteiger partial charge in [0, 0.05) is 31.7 Å². The van der Waals surface area contributed by atoms with Gasteiger partial charge in [0.25, 0.3) is 0 Å². The van der Waals surface area contributed by atoms with E-state index in [1.54, 1.807) is 12.1 Å².